The Labute approximate surface area is 127 Å². The third-order valence-corrected chi connectivity index (χ3v) is 3.53. The maximum Gasteiger partial charge on any atom is 0.268 e. The van der Waals surface area contributed by atoms with E-state index in [4.69, 9.17) is 0 Å². The van der Waals surface area contributed by atoms with E-state index in [2.05, 4.69) is 63.8 Å². The predicted octanol–water partition coefficient (Wildman–Crippen LogP) is 1.91. The minimum Gasteiger partial charge on any atom is -0.351 e. The number of fused-ring (bicyclic) bond motifs is 1. The second-order valence-electron chi connectivity index (χ2n) is 6.25. The van der Waals surface area contributed by atoms with E-state index in [1.165, 1.54) is 5.56 Å². The van der Waals surface area contributed by atoms with E-state index in [0.717, 1.165) is 10.9 Å². The van der Waals surface area contributed by atoms with Crippen molar-refractivity contribution in [2.75, 3.05) is 0 Å². The molecule has 7 nitrogen and oxygen atoms in total. The van der Waals surface area contributed by atoms with Crippen molar-refractivity contribution in [3.05, 3.63) is 41.3 Å². The Bertz CT molecular complexity index is 797. The fourth-order valence-electron chi connectivity index (χ4n) is 2.23. The van der Waals surface area contributed by atoms with Gasteiger partial charge in [-0.15, -0.1) is 10.2 Å². The van der Waals surface area contributed by atoms with Gasteiger partial charge < -0.3 is 10.3 Å². The lowest BCUT2D eigenvalue weighted by atomic mass is 9.86. The van der Waals surface area contributed by atoms with Gasteiger partial charge in [0.15, 0.2) is 5.82 Å². The number of tetrazole rings is 1. The SMILES string of the molecule is CC(C)(C)c1ccc2[nH]c(C(=O)NCc3nn[nH]n3)cc2c1. The number of nitrogens with one attached hydrogen (secondary N) is 3. The zero-order valence-corrected chi connectivity index (χ0v) is 12.8. The van der Waals surface area contributed by atoms with Crippen molar-refractivity contribution in [1.29, 1.82) is 0 Å². The molecule has 1 aromatic carbocycles. The molecule has 2 aromatic heterocycles. The first-order chi connectivity index (χ1) is 10.4. The van der Waals surface area contributed by atoms with Crippen molar-refractivity contribution >= 4 is 16.8 Å². The van der Waals surface area contributed by atoms with Crippen molar-refractivity contribution in [2.24, 2.45) is 0 Å². The van der Waals surface area contributed by atoms with Crippen molar-refractivity contribution in [2.45, 2.75) is 32.7 Å². The molecule has 1 amide bonds. The van der Waals surface area contributed by atoms with E-state index in [0.29, 0.717) is 11.5 Å². The number of benzene rings is 1. The monoisotopic (exact) mass is 298 g/mol. The summed E-state index contributed by atoms with van der Waals surface area (Å²) in [6, 6.07) is 8.06. The number of H-pyrrole nitrogens is 2. The van der Waals surface area contributed by atoms with Crippen LogP contribution in [0.3, 0.4) is 0 Å². The smallest absolute Gasteiger partial charge is 0.268 e. The summed E-state index contributed by atoms with van der Waals surface area (Å²) in [6.45, 7) is 6.73. The zero-order valence-electron chi connectivity index (χ0n) is 12.8. The van der Waals surface area contributed by atoms with Crippen molar-refractivity contribution in [3.8, 4) is 0 Å². The normalized spacial score (nSPS) is 11.8. The largest absolute Gasteiger partial charge is 0.351 e. The van der Waals surface area contributed by atoms with Crippen LogP contribution >= 0.6 is 0 Å². The van der Waals surface area contributed by atoms with Gasteiger partial charge in [-0.3, -0.25) is 4.79 Å². The number of aromatic amines is 2. The second kappa shape index (κ2) is 5.25. The third-order valence-electron chi connectivity index (χ3n) is 3.53. The standard InChI is InChI=1S/C15H18N6O/c1-15(2,3)10-4-5-11-9(6-10)7-12(17-11)14(22)16-8-13-18-20-21-19-13/h4-7,17H,8H2,1-3H3,(H,16,22)(H,18,19,20,21). The first kappa shape index (κ1) is 14.2. The molecule has 0 aliphatic heterocycles. The highest BCUT2D eigenvalue weighted by molar-refractivity contribution is 5.98. The molecule has 0 fully saturated rings. The zero-order chi connectivity index (χ0) is 15.7. The Morgan fingerprint density at radius 3 is 2.77 bits per heavy atom. The fraction of sp³-hybridized carbons (Fsp3) is 0.333. The number of carbonyl (C=O) groups is 1. The van der Waals surface area contributed by atoms with E-state index in [1.807, 2.05) is 12.1 Å². The Morgan fingerprint density at radius 2 is 2.09 bits per heavy atom. The Kier molecular flexibility index (Phi) is 3.40. The maximum absolute atomic E-state index is 12.2. The van der Waals surface area contributed by atoms with Crippen LogP contribution in [0.1, 0.15) is 42.6 Å². The van der Waals surface area contributed by atoms with Gasteiger partial charge in [-0.25, -0.2) is 0 Å². The van der Waals surface area contributed by atoms with Gasteiger partial charge in [0, 0.05) is 10.9 Å². The quantitative estimate of drug-likeness (QED) is 0.687. The van der Waals surface area contributed by atoms with E-state index < -0.39 is 0 Å². The molecule has 0 saturated heterocycles. The van der Waals surface area contributed by atoms with Gasteiger partial charge in [0.1, 0.15) is 5.69 Å². The van der Waals surface area contributed by atoms with Gasteiger partial charge in [-0.05, 0) is 29.2 Å². The molecule has 0 atom stereocenters. The molecule has 3 N–H and O–H groups in total. The lowest BCUT2D eigenvalue weighted by molar-refractivity contribution is 0.0945. The fourth-order valence-corrected chi connectivity index (χ4v) is 2.23. The molecule has 3 rings (SSSR count). The number of carbonyl (C=O) groups excluding carboxylic acids is 1. The molecule has 114 valence electrons. The molecule has 7 heteroatoms. The average Bonchev–Trinajstić information content (AvgIpc) is 3.11. The first-order valence-corrected chi connectivity index (χ1v) is 7.07. The molecule has 0 unspecified atom stereocenters. The summed E-state index contributed by atoms with van der Waals surface area (Å²) < 4.78 is 0. The molecule has 3 aromatic rings. The van der Waals surface area contributed by atoms with E-state index in [1.54, 1.807) is 0 Å². The molecule has 2 heterocycles. The summed E-state index contributed by atoms with van der Waals surface area (Å²) >= 11 is 0. The van der Waals surface area contributed by atoms with Crippen LogP contribution in [0, 0.1) is 0 Å². The summed E-state index contributed by atoms with van der Waals surface area (Å²) in [6.07, 6.45) is 0. The molecule has 0 saturated carbocycles. The van der Waals surface area contributed by atoms with E-state index in [9.17, 15) is 4.79 Å². The molecule has 0 aliphatic rings. The highest BCUT2D eigenvalue weighted by atomic mass is 16.1. The number of hydrogen-bond acceptors (Lipinski definition) is 4. The van der Waals surface area contributed by atoms with Gasteiger partial charge >= 0.3 is 0 Å². The average molecular weight is 298 g/mol. The Hall–Kier alpha value is -2.70. The molecule has 0 aliphatic carbocycles. The van der Waals surface area contributed by atoms with Crippen molar-refractivity contribution < 1.29 is 4.79 Å². The predicted molar refractivity (Wildman–Crippen MR) is 82.3 cm³/mol. The second-order valence-corrected chi connectivity index (χ2v) is 6.25. The molecule has 0 bridgehead atoms. The van der Waals surface area contributed by atoms with Crippen LogP contribution in [0.4, 0.5) is 0 Å². The number of aromatic nitrogens is 5. The Balaban J connectivity index is 1.80. The highest BCUT2D eigenvalue weighted by Crippen LogP contribution is 2.26. The van der Waals surface area contributed by atoms with Crippen molar-refractivity contribution in [1.82, 2.24) is 30.9 Å². The summed E-state index contributed by atoms with van der Waals surface area (Å²) in [5.41, 5.74) is 2.77. The first-order valence-electron chi connectivity index (χ1n) is 7.07. The summed E-state index contributed by atoms with van der Waals surface area (Å²) in [7, 11) is 0. The minimum absolute atomic E-state index is 0.0759. The summed E-state index contributed by atoms with van der Waals surface area (Å²) in [4.78, 5) is 15.3. The van der Waals surface area contributed by atoms with Gasteiger partial charge in [-0.2, -0.15) is 5.21 Å². The van der Waals surface area contributed by atoms with Crippen LogP contribution in [0.5, 0.6) is 0 Å². The topological polar surface area (TPSA) is 99.4 Å². The van der Waals surface area contributed by atoms with Gasteiger partial charge in [-0.1, -0.05) is 32.1 Å². The summed E-state index contributed by atoms with van der Waals surface area (Å²) in [5.74, 6) is 0.248. The van der Waals surface area contributed by atoms with E-state index >= 15 is 0 Å². The third kappa shape index (κ3) is 2.83. The van der Waals surface area contributed by atoms with Crippen LogP contribution in [-0.2, 0) is 12.0 Å². The Morgan fingerprint density at radius 1 is 1.27 bits per heavy atom. The van der Waals surface area contributed by atoms with Gasteiger partial charge in [0.25, 0.3) is 5.91 Å². The molecule has 22 heavy (non-hydrogen) atoms. The molecule has 0 radical (unpaired) electrons. The van der Waals surface area contributed by atoms with Crippen LogP contribution in [0.25, 0.3) is 10.9 Å². The van der Waals surface area contributed by atoms with Gasteiger partial charge in [0.2, 0.25) is 0 Å². The maximum atomic E-state index is 12.2. The van der Waals surface area contributed by atoms with E-state index in [-0.39, 0.29) is 17.9 Å². The number of rotatable bonds is 3. The molecule has 0 spiro atoms. The number of amides is 1. The number of hydrogen-bond donors (Lipinski definition) is 3. The van der Waals surface area contributed by atoms with Crippen LogP contribution in [0.2, 0.25) is 0 Å². The molecular formula is C15H18N6O. The van der Waals surface area contributed by atoms with Crippen molar-refractivity contribution in [3.63, 3.8) is 0 Å². The minimum atomic E-state index is -0.196. The summed E-state index contributed by atoms with van der Waals surface area (Å²) in [5, 5.41) is 17.1. The lowest BCUT2D eigenvalue weighted by Crippen LogP contribution is -2.23. The number of nitrogens with zero attached hydrogens (tertiary/aromatic N) is 3. The lowest BCUT2D eigenvalue weighted by Gasteiger charge is -2.18. The van der Waals surface area contributed by atoms with Crippen LogP contribution in [0.15, 0.2) is 24.3 Å². The van der Waals surface area contributed by atoms with Crippen LogP contribution < -0.4 is 5.32 Å². The van der Waals surface area contributed by atoms with Crippen LogP contribution in [-0.4, -0.2) is 31.5 Å². The molecular weight excluding hydrogens is 280 g/mol. The van der Waals surface area contributed by atoms with Gasteiger partial charge in [0.05, 0.1) is 6.54 Å². The highest BCUT2D eigenvalue weighted by Gasteiger charge is 2.16.